The molecule has 0 spiro atoms. The van der Waals surface area contributed by atoms with E-state index in [9.17, 15) is 14.7 Å². The van der Waals surface area contributed by atoms with Crippen LogP contribution in [0, 0.1) is 0 Å². The fourth-order valence-corrected chi connectivity index (χ4v) is 4.69. The molecule has 0 saturated heterocycles. The van der Waals surface area contributed by atoms with Crippen molar-refractivity contribution in [3.05, 3.63) is 70.1 Å². The minimum Gasteiger partial charge on any atom is -0.507 e. The number of benzene rings is 3. The third-order valence-corrected chi connectivity index (χ3v) is 6.48. The van der Waals surface area contributed by atoms with Crippen molar-refractivity contribution in [2.45, 2.75) is 12.3 Å². The Bertz CT molecular complexity index is 1570. The maximum atomic E-state index is 13.6. The van der Waals surface area contributed by atoms with Gasteiger partial charge in [-0.2, -0.15) is 0 Å². The van der Waals surface area contributed by atoms with E-state index in [-0.39, 0.29) is 34.5 Å². The van der Waals surface area contributed by atoms with Crippen molar-refractivity contribution < 1.29 is 38.0 Å². The fraction of sp³-hybridized carbons (Fsp3) is 0.214. The zero-order chi connectivity index (χ0) is 26.3. The van der Waals surface area contributed by atoms with Crippen LogP contribution >= 0.6 is 0 Å². The van der Waals surface area contributed by atoms with Crippen molar-refractivity contribution in [2.75, 3.05) is 28.4 Å². The molecule has 2 heterocycles. The number of aromatic hydroxyl groups is 1. The number of carbonyl (C=O) groups excluding carboxylic acids is 1. The second-order valence-electron chi connectivity index (χ2n) is 8.40. The summed E-state index contributed by atoms with van der Waals surface area (Å²) in [6, 6.07) is 11.6. The lowest BCUT2D eigenvalue weighted by Gasteiger charge is -2.27. The summed E-state index contributed by atoms with van der Waals surface area (Å²) < 4.78 is 33.1. The molecule has 9 nitrogen and oxygen atoms in total. The van der Waals surface area contributed by atoms with E-state index in [0.29, 0.717) is 39.7 Å². The van der Waals surface area contributed by atoms with Crippen molar-refractivity contribution in [1.29, 1.82) is 0 Å². The van der Waals surface area contributed by atoms with Crippen molar-refractivity contribution in [2.24, 2.45) is 0 Å². The molecular weight excluding hydrogens is 480 g/mol. The molecule has 1 aromatic heterocycles. The number of methoxy groups -OCH3 is 4. The maximum Gasteiger partial charge on any atom is 0.312 e. The first kappa shape index (κ1) is 24.1. The lowest BCUT2D eigenvalue weighted by Crippen LogP contribution is -2.22. The molecule has 9 heteroatoms. The number of fused-ring (bicyclic) bond motifs is 3. The van der Waals surface area contributed by atoms with Gasteiger partial charge in [-0.25, -0.2) is 0 Å². The summed E-state index contributed by atoms with van der Waals surface area (Å²) in [5, 5.41) is 10.8. The molecule has 5 rings (SSSR count). The van der Waals surface area contributed by atoms with E-state index >= 15 is 0 Å². The monoisotopic (exact) mass is 504 g/mol. The van der Waals surface area contributed by atoms with Gasteiger partial charge in [-0.15, -0.1) is 0 Å². The first-order valence-corrected chi connectivity index (χ1v) is 11.4. The van der Waals surface area contributed by atoms with Gasteiger partial charge in [0.15, 0.2) is 11.5 Å². The first-order valence-electron chi connectivity index (χ1n) is 11.4. The van der Waals surface area contributed by atoms with Gasteiger partial charge in [0, 0.05) is 29.2 Å². The Hall–Kier alpha value is -4.66. The SMILES string of the molecule is COc1ccc(-c2coc3c4c(cc(O)c3c2=O)OC(=O)CC4c2cc(OC)c(OC)cc2OC)cc1. The minimum atomic E-state index is -0.621. The van der Waals surface area contributed by atoms with Crippen LogP contribution in [0.25, 0.3) is 22.1 Å². The van der Waals surface area contributed by atoms with E-state index in [4.69, 9.17) is 28.1 Å². The summed E-state index contributed by atoms with van der Waals surface area (Å²) in [7, 11) is 6.07. The van der Waals surface area contributed by atoms with E-state index < -0.39 is 17.3 Å². The highest BCUT2D eigenvalue weighted by Gasteiger charge is 2.36. The third kappa shape index (κ3) is 3.98. The van der Waals surface area contributed by atoms with E-state index in [1.54, 1.807) is 43.5 Å². The van der Waals surface area contributed by atoms with Crippen LogP contribution in [0.5, 0.6) is 34.5 Å². The van der Waals surface area contributed by atoms with Gasteiger partial charge in [0.1, 0.15) is 40.2 Å². The van der Waals surface area contributed by atoms with Crippen LogP contribution in [0.2, 0.25) is 0 Å². The first-order chi connectivity index (χ1) is 17.9. The predicted molar refractivity (Wildman–Crippen MR) is 134 cm³/mol. The predicted octanol–water partition coefficient (Wildman–Crippen LogP) is 4.64. The fourth-order valence-electron chi connectivity index (χ4n) is 4.69. The van der Waals surface area contributed by atoms with Gasteiger partial charge in [0.05, 0.1) is 40.4 Å². The Kier molecular flexibility index (Phi) is 6.12. The summed E-state index contributed by atoms with van der Waals surface area (Å²) in [6.07, 6.45) is 1.29. The van der Waals surface area contributed by atoms with Gasteiger partial charge in [-0.05, 0) is 23.8 Å². The largest absolute Gasteiger partial charge is 0.507 e. The lowest BCUT2D eigenvalue weighted by molar-refractivity contribution is -0.135. The number of rotatable bonds is 6. The van der Waals surface area contributed by atoms with Crippen LogP contribution in [-0.2, 0) is 4.79 Å². The van der Waals surface area contributed by atoms with Crippen molar-refractivity contribution in [3.63, 3.8) is 0 Å². The highest BCUT2D eigenvalue weighted by atomic mass is 16.5. The zero-order valence-electron chi connectivity index (χ0n) is 20.6. The van der Waals surface area contributed by atoms with Gasteiger partial charge >= 0.3 is 5.97 Å². The standard InChI is InChI=1S/C28H24O9/c1-32-15-7-5-14(6-8-15)18-13-36-28-25-17(16-9-21(34-3)22(35-4)12-20(16)33-2)10-24(30)37-23(25)11-19(29)26(28)27(18)31/h5-9,11-13,17,29H,10H2,1-4H3. The number of phenolic OH excluding ortho intramolecular Hbond substituents is 1. The molecule has 0 aliphatic carbocycles. The van der Waals surface area contributed by atoms with Gasteiger partial charge < -0.3 is 33.2 Å². The number of carbonyl (C=O) groups is 1. The quantitative estimate of drug-likeness (QED) is 0.296. The molecule has 0 radical (unpaired) electrons. The molecule has 1 unspecified atom stereocenters. The molecule has 1 aliphatic heterocycles. The van der Waals surface area contributed by atoms with Crippen LogP contribution in [-0.4, -0.2) is 39.5 Å². The summed E-state index contributed by atoms with van der Waals surface area (Å²) in [5.41, 5.74) is 1.59. The zero-order valence-corrected chi connectivity index (χ0v) is 20.6. The Balaban J connectivity index is 1.76. The highest BCUT2D eigenvalue weighted by molar-refractivity contribution is 5.94. The van der Waals surface area contributed by atoms with Crippen LogP contribution in [0.1, 0.15) is 23.5 Å². The molecule has 0 amide bonds. The highest BCUT2D eigenvalue weighted by Crippen LogP contribution is 2.49. The van der Waals surface area contributed by atoms with E-state index in [1.165, 1.54) is 33.7 Å². The van der Waals surface area contributed by atoms with Crippen molar-refractivity contribution in [3.8, 4) is 45.6 Å². The third-order valence-electron chi connectivity index (χ3n) is 6.48. The topological polar surface area (TPSA) is 114 Å². The summed E-state index contributed by atoms with van der Waals surface area (Å²) >= 11 is 0. The summed E-state index contributed by atoms with van der Waals surface area (Å²) in [6.45, 7) is 0. The van der Waals surface area contributed by atoms with Crippen LogP contribution in [0.3, 0.4) is 0 Å². The van der Waals surface area contributed by atoms with Crippen LogP contribution in [0.4, 0.5) is 0 Å². The van der Waals surface area contributed by atoms with Gasteiger partial charge in [0.25, 0.3) is 0 Å². The molecule has 1 atom stereocenters. The van der Waals surface area contributed by atoms with Crippen molar-refractivity contribution in [1.82, 2.24) is 0 Å². The lowest BCUT2D eigenvalue weighted by atomic mass is 9.84. The molecule has 1 N–H and O–H groups in total. The van der Waals surface area contributed by atoms with Gasteiger partial charge in [-0.3, -0.25) is 9.59 Å². The van der Waals surface area contributed by atoms with E-state index in [2.05, 4.69) is 0 Å². The van der Waals surface area contributed by atoms with E-state index in [0.717, 1.165) is 0 Å². The Morgan fingerprint density at radius 3 is 2.19 bits per heavy atom. The summed E-state index contributed by atoms with van der Waals surface area (Å²) in [5.74, 6) is 0.586. The molecule has 4 aromatic rings. The molecule has 1 aliphatic rings. The molecule has 37 heavy (non-hydrogen) atoms. The smallest absolute Gasteiger partial charge is 0.312 e. The molecule has 0 fully saturated rings. The maximum absolute atomic E-state index is 13.6. The Labute approximate surface area is 211 Å². The second-order valence-corrected chi connectivity index (χ2v) is 8.40. The Morgan fingerprint density at radius 2 is 1.54 bits per heavy atom. The van der Waals surface area contributed by atoms with Gasteiger partial charge in [0.2, 0.25) is 5.43 Å². The molecule has 3 aromatic carbocycles. The average molecular weight is 504 g/mol. The average Bonchev–Trinajstić information content (AvgIpc) is 2.91. The van der Waals surface area contributed by atoms with Crippen molar-refractivity contribution >= 4 is 16.9 Å². The number of hydrogen-bond donors (Lipinski definition) is 1. The number of ether oxygens (including phenoxy) is 5. The molecule has 0 bridgehead atoms. The molecule has 190 valence electrons. The minimum absolute atomic E-state index is 0.0190. The number of hydrogen-bond acceptors (Lipinski definition) is 9. The number of esters is 1. The molecular formula is C28H24O9. The molecule has 0 saturated carbocycles. The van der Waals surface area contributed by atoms with Crippen LogP contribution < -0.4 is 29.1 Å². The number of phenols is 1. The normalized spacial score (nSPS) is 14.6. The van der Waals surface area contributed by atoms with E-state index in [1.807, 2.05) is 0 Å². The van der Waals surface area contributed by atoms with Crippen LogP contribution in [0.15, 0.2) is 57.9 Å². The Morgan fingerprint density at radius 1 is 0.865 bits per heavy atom. The second kappa shape index (κ2) is 9.42. The van der Waals surface area contributed by atoms with Gasteiger partial charge in [-0.1, -0.05) is 12.1 Å². The summed E-state index contributed by atoms with van der Waals surface area (Å²) in [4.78, 5) is 26.2.